The largest absolute Gasteiger partial charge is 0.465 e. The third kappa shape index (κ3) is 2.50. The Kier molecular flexibility index (Phi) is 2.91. The van der Waals surface area contributed by atoms with Crippen LogP contribution in [0.2, 0.25) is 0 Å². The van der Waals surface area contributed by atoms with Gasteiger partial charge in [0.15, 0.2) is 0 Å². The molecular weight excluding hydrogens is 196 g/mol. The van der Waals surface area contributed by atoms with Crippen LogP contribution in [0.15, 0.2) is 16.5 Å². The molecular formula is C10H14N2O3. The minimum Gasteiger partial charge on any atom is -0.465 e. The van der Waals surface area contributed by atoms with Crippen molar-refractivity contribution in [3.63, 3.8) is 0 Å². The fourth-order valence-electron chi connectivity index (χ4n) is 1.59. The molecule has 0 spiro atoms. The number of hydrogen-bond donors (Lipinski definition) is 2. The zero-order valence-electron chi connectivity index (χ0n) is 8.36. The highest BCUT2D eigenvalue weighted by Gasteiger charge is 2.20. The summed E-state index contributed by atoms with van der Waals surface area (Å²) in [5.41, 5.74) is 5.44. The molecule has 0 aliphatic carbocycles. The molecule has 0 unspecified atom stereocenters. The van der Waals surface area contributed by atoms with Crippen molar-refractivity contribution >= 4 is 6.09 Å². The summed E-state index contributed by atoms with van der Waals surface area (Å²) >= 11 is 0. The molecule has 2 heterocycles. The summed E-state index contributed by atoms with van der Waals surface area (Å²) in [4.78, 5) is 10.7. The van der Waals surface area contributed by atoms with Crippen molar-refractivity contribution in [2.24, 2.45) is 11.7 Å². The SMILES string of the molecule is NCc1ccc(C[C@H]2CNC(=O)OC2)o1. The maximum Gasteiger partial charge on any atom is 0.407 e. The molecule has 5 heteroatoms. The second-order valence-electron chi connectivity index (χ2n) is 3.62. The third-order valence-corrected chi connectivity index (χ3v) is 2.39. The number of ether oxygens (including phenoxy) is 1. The molecule has 2 rings (SSSR count). The topological polar surface area (TPSA) is 77.5 Å². The third-order valence-electron chi connectivity index (χ3n) is 2.39. The quantitative estimate of drug-likeness (QED) is 0.767. The minimum absolute atomic E-state index is 0.277. The van der Waals surface area contributed by atoms with Crippen LogP contribution < -0.4 is 11.1 Å². The van der Waals surface area contributed by atoms with Crippen LogP contribution in [-0.2, 0) is 17.7 Å². The fraction of sp³-hybridized carbons (Fsp3) is 0.500. The summed E-state index contributed by atoms with van der Waals surface area (Å²) in [5.74, 6) is 1.95. The van der Waals surface area contributed by atoms with Gasteiger partial charge in [0.25, 0.3) is 0 Å². The first kappa shape index (κ1) is 10.0. The van der Waals surface area contributed by atoms with Crippen LogP contribution in [0.4, 0.5) is 4.79 Å². The van der Waals surface area contributed by atoms with E-state index in [2.05, 4.69) is 5.32 Å². The van der Waals surface area contributed by atoms with Crippen LogP contribution in [0.3, 0.4) is 0 Å². The summed E-state index contributed by atoms with van der Waals surface area (Å²) in [6.07, 6.45) is 0.425. The van der Waals surface area contributed by atoms with E-state index in [1.54, 1.807) is 0 Å². The van der Waals surface area contributed by atoms with Gasteiger partial charge >= 0.3 is 6.09 Å². The Balaban J connectivity index is 1.88. The van der Waals surface area contributed by atoms with E-state index in [0.717, 1.165) is 17.9 Å². The summed E-state index contributed by atoms with van der Waals surface area (Å²) in [7, 11) is 0. The molecule has 0 saturated carbocycles. The predicted octanol–water partition coefficient (Wildman–Crippen LogP) is 0.637. The first-order valence-electron chi connectivity index (χ1n) is 4.96. The predicted molar refractivity (Wildman–Crippen MR) is 53.1 cm³/mol. The van der Waals surface area contributed by atoms with Gasteiger partial charge in [-0.05, 0) is 12.1 Å². The molecule has 0 aromatic carbocycles. The molecule has 0 radical (unpaired) electrons. The monoisotopic (exact) mass is 210 g/mol. The van der Waals surface area contributed by atoms with Gasteiger partial charge in [0.05, 0.1) is 13.2 Å². The van der Waals surface area contributed by atoms with E-state index in [0.29, 0.717) is 19.7 Å². The van der Waals surface area contributed by atoms with Gasteiger partial charge < -0.3 is 20.2 Å². The smallest absolute Gasteiger partial charge is 0.407 e. The van der Waals surface area contributed by atoms with Gasteiger partial charge in [-0.1, -0.05) is 0 Å². The van der Waals surface area contributed by atoms with Crippen molar-refractivity contribution in [2.45, 2.75) is 13.0 Å². The van der Waals surface area contributed by atoms with Crippen LogP contribution in [0, 0.1) is 5.92 Å². The summed E-state index contributed by atoms with van der Waals surface area (Å²) in [6, 6.07) is 3.79. The second kappa shape index (κ2) is 4.35. The van der Waals surface area contributed by atoms with Crippen molar-refractivity contribution in [1.29, 1.82) is 0 Å². The van der Waals surface area contributed by atoms with Crippen LogP contribution in [0.5, 0.6) is 0 Å². The maximum absolute atomic E-state index is 10.7. The lowest BCUT2D eigenvalue weighted by Gasteiger charge is -2.21. The number of amides is 1. The standard InChI is InChI=1S/C10H14N2O3/c11-4-9-2-1-8(15-9)3-7-5-12-10(13)14-6-7/h1-2,7H,3-6,11H2,(H,12,13)/t7-/m0/s1. The average molecular weight is 210 g/mol. The van der Waals surface area contributed by atoms with Crippen LogP contribution in [-0.4, -0.2) is 19.2 Å². The molecule has 1 aliphatic heterocycles. The van der Waals surface area contributed by atoms with Crippen molar-refractivity contribution in [1.82, 2.24) is 5.32 Å². The normalized spacial score (nSPS) is 20.9. The van der Waals surface area contributed by atoms with E-state index in [4.69, 9.17) is 14.9 Å². The molecule has 3 N–H and O–H groups in total. The Morgan fingerprint density at radius 1 is 1.47 bits per heavy atom. The van der Waals surface area contributed by atoms with E-state index >= 15 is 0 Å². The zero-order valence-corrected chi connectivity index (χ0v) is 8.36. The summed E-state index contributed by atoms with van der Waals surface area (Å²) in [6.45, 7) is 1.50. The number of cyclic esters (lactones) is 1. The highest BCUT2D eigenvalue weighted by atomic mass is 16.6. The number of alkyl carbamates (subject to hydrolysis) is 1. The lowest BCUT2D eigenvalue weighted by molar-refractivity contribution is 0.101. The highest BCUT2D eigenvalue weighted by Crippen LogP contribution is 2.14. The van der Waals surface area contributed by atoms with Crippen LogP contribution >= 0.6 is 0 Å². The molecule has 1 aliphatic rings. The summed E-state index contributed by atoms with van der Waals surface area (Å²) < 4.78 is 10.3. The molecule has 1 aromatic heterocycles. The van der Waals surface area contributed by atoms with Gasteiger partial charge in [-0.25, -0.2) is 4.79 Å². The molecule has 15 heavy (non-hydrogen) atoms. The summed E-state index contributed by atoms with van der Waals surface area (Å²) in [5, 5.41) is 2.65. The van der Waals surface area contributed by atoms with E-state index in [1.807, 2.05) is 12.1 Å². The van der Waals surface area contributed by atoms with Gasteiger partial charge in [-0.3, -0.25) is 0 Å². The van der Waals surface area contributed by atoms with Gasteiger partial charge in [0.2, 0.25) is 0 Å². The van der Waals surface area contributed by atoms with Gasteiger partial charge in [-0.2, -0.15) is 0 Å². The van der Waals surface area contributed by atoms with Gasteiger partial charge in [-0.15, -0.1) is 0 Å². The van der Waals surface area contributed by atoms with Crippen molar-refractivity contribution in [3.8, 4) is 0 Å². The first-order valence-corrected chi connectivity index (χ1v) is 4.96. The molecule has 1 saturated heterocycles. The van der Waals surface area contributed by atoms with E-state index in [-0.39, 0.29) is 12.0 Å². The Labute approximate surface area is 87.6 Å². The Morgan fingerprint density at radius 3 is 2.87 bits per heavy atom. The Morgan fingerprint density at radius 2 is 2.27 bits per heavy atom. The lowest BCUT2D eigenvalue weighted by Crippen LogP contribution is -2.39. The minimum atomic E-state index is -0.339. The lowest BCUT2D eigenvalue weighted by atomic mass is 10.0. The Bertz CT molecular complexity index is 338. The number of carbonyl (C=O) groups excluding carboxylic acids is 1. The van der Waals surface area contributed by atoms with Crippen molar-refractivity contribution in [2.75, 3.05) is 13.2 Å². The zero-order chi connectivity index (χ0) is 10.7. The number of furan rings is 1. The number of carbonyl (C=O) groups is 1. The van der Waals surface area contributed by atoms with Crippen LogP contribution in [0.1, 0.15) is 11.5 Å². The molecule has 5 nitrogen and oxygen atoms in total. The molecule has 82 valence electrons. The molecule has 1 amide bonds. The van der Waals surface area contributed by atoms with Gasteiger partial charge in [0.1, 0.15) is 11.5 Å². The average Bonchev–Trinajstić information content (AvgIpc) is 2.69. The Hall–Kier alpha value is -1.49. The highest BCUT2D eigenvalue weighted by molar-refractivity contribution is 5.67. The van der Waals surface area contributed by atoms with Crippen molar-refractivity contribution in [3.05, 3.63) is 23.7 Å². The number of nitrogens with one attached hydrogen (secondary N) is 1. The van der Waals surface area contributed by atoms with Crippen molar-refractivity contribution < 1.29 is 13.9 Å². The molecule has 0 bridgehead atoms. The van der Waals surface area contributed by atoms with E-state index in [9.17, 15) is 4.79 Å². The number of nitrogens with two attached hydrogens (primary N) is 1. The molecule has 1 fully saturated rings. The number of rotatable bonds is 3. The fourth-order valence-corrected chi connectivity index (χ4v) is 1.59. The van der Waals surface area contributed by atoms with E-state index < -0.39 is 0 Å². The van der Waals surface area contributed by atoms with Gasteiger partial charge in [0, 0.05) is 18.9 Å². The second-order valence-corrected chi connectivity index (χ2v) is 3.62. The first-order chi connectivity index (χ1) is 7.28. The molecule has 1 atom stereocenters. The molecule has 1 aromatic rings. The van der Waals surface area contributed by atoms with E-state index in [1.165, 1.54) is 0 Å². The maximum atomic E-state index is 10.7. The number of hydrogen-bond acceptors (Lipinski definition) is 4. The van der Waals surface area contributed by atoms with Crippen LogP contribution in [0.25, 0.3) is 0 Å².